The Morgan fingerprint density at radius 2 is 2.25 bits per heavy atom. The summed E-state index contributed by atoms with van der Waals surface area (Å²) in [6, 6.07) is 0. The molecule has 0 aromatic heterocycles. The lowest BCUT2D eigenvalue weighted by Crippen LogP contribution is -1.89. The molecule has 0 rings (SSSR count). The fourth-order valence-corrected chi connectivity index (χ4v) is 0.393. The van der Waals surface area contributed by atoms with Crippen LogP contribution in [0, 0.1) is 6.92 Å². The Hall–Kier alpha value is -0.530. The summed E-state index contributed by atoms with van der Waals surface area (Å²) in [7, 11) is 0. The summed E-state index contributed by atoms with van der Waals surface area (Å²) in [5.74, 6) is 0. The van der Waals surface area contributed by atoms with Gasteiger partial charge in [-0.15, -0.1) is 0 Å². The van der Waals surface area contributed by atoms with Gasteiger partial charge in [-0.2, -0.15) is 0 Å². The number of ether oxygens (including phenoxy) is 1. The van der Waals surface area contributed by atoms with Crippen LogP contribution in [0.4, 0.5) is 0 Å². The molecule has 0 saturated carbocycles. The predicted molar refractivity (Wildman–Crippen MR) is 30.9 cm³/mol. The number of unbranched alkanes of at least 4 members (excludes halogenated alkanes) is 2. The van der Waals surface area contributed by atoms with Crippen molar-refractivity contribution >= 4 is 6.47 Å². The molecule has 0 aromatic rings. The Morgan fingerprint density at radius 1 is 1.50 bits per heavy atom. The molecule has 0 aliphatic rings. The topological polar surface area (TPSA) is 26.3 Å². The molecule has 0 heterocycles. The van der Waals surface area contributed by atoms with Crippen LogP contribution in [0.5, 0.6) is 0 Å². The smallest absolute Gasteiger partial charge is 0.417 e. The van der Waals surface area contributed by atoms with Gasteiger partial charge in [-0.25, -0.2) is 4.79 Å². The van der Waals surface area contributed by atoms with Gasteiger partial charge in [0.05, 0.1) is 6.61 Å². The first kappa shape index (κ1) is 7.47. The van der Waals surface area contributed by atoms with Gasteiger partial charge in [0.25, 0.3) is 0 Å². The molecule has 0 saturated heterocycles. The number of hydrogen-bond donors (Lipinski definition) is 0. The maximum atomic E-state index is 9.41. The minimum atomic E-state index is 0.485. The van der Waals surface area contributed by atoms with Crippen molar-refractivity contribution in [2.24, 2.45) is 0 Å². The SMILES string of the molecule is [CH2]CCCCO[C]=O. The summed E-state index contributed by atoms with van der Waals surface area (Å²) in [5.41, 5.74) is 0. The molecule has 0 atom stereocenters. The molecule has 0 aliphatic carbocycles. The minimum absolute atomic E-state index is 0.485. The lowest BCUT2D eigenvalue weighted by Gasteiger charge is -1.92. The summed E-state index contributed by atoms with van der Waals surface area (Å²) < 4.78 is 4.30. The molecule has 0 fully saturated rings. The number of carbonyl (C=O) groups excluding carboxylic acids is 1. The molecule has 0 bridgehead atoms. The van der Waals surface area contributed by atoms with E-state index in [4.69, 9.17) is 0 Å². The second-order valence-electron chi connectivity index (χ2n) is 1.49. The highest BCUT2D eigenvalue weighted by molar-refractivity contribution is 5.37. The third-order valence-electron chi connectivity index (χ3n) is 0.805. The molecule has 2 heteroatoms. The summed E-state index contributed by atoms with van der Waals surface area (Å²) in [5, 5.41) is 0. The highest BCUT2D eigenvalue weighted by atomic mass is 16.5. The summed E-state index contributed by atoms with van der Waals surface area (Å²) in [6.07, 6.45) is 2.82. The number of hydrogen-bond acceptors (Lipinski definition) is 2. The zero-order chi connectivity index (χ0) is 6.24. The van der Waals surface area contributed by atoms with Crippen LogP contribution in [0.15, 0.2) is 0 Å². The maximum absolute atomic E-state index is 9.41. The van der Waals surface area contributed by atoms with E-state index in [2.05, 4.69) is 11.7 Å². The first-order chi connectivity index (χ1) is 3.91. The van der Waals surface area contributed by atoms with Crippen LogP contribution in [-0.4, -0.2) is 13.1 Å². The predicted octanol–water partition coefficient (Wildman–Crippen LogP) is 1.07. The van der Waals surface area contributed by atoms with E-state index in [9.17, 15) is 4.79 Å². The van der Waals surface area contributed by atoms with Crippen LogP contribution in [0.2, 0.25) is 0 Å². The van der Waals surface area contributed by atoms with E-state index in [0.717, 1.165) is 19.3 Å². The van der Waals surface area contributed by atoms with Crippen molar-refractivity contribution in [1.82, 2.24) is 0 Å². The minimum Gasteiger partial charge on any atom is -0.457 e. The van der Waals surface area contributed by atoms with Crippen molar-refractivity contribution in [1.29, 1.82) is 0 Å². The van der Waals surface area contributed by atoms with E-state index in [-0.39, 0.29) is 0 Å². The third kappa shape index (κ3) is 5.47. The van der Waals surface area contributed by atoms with Crippen LogP contribution in [0.25, 0.3) is 0 Å². The van der Waals surface area contributed by atoms with Crippen LogP contribution in [0.1, 0.15) is 19.3 Å². The normalized spacial score (nSPS) is 8.62. The molecule has 46 valence electrons. The van der Waals surface area contributed by atoms with Crippen molar-refractivity contribution < 1.29 is 9.53 Å². The second-order valence-corrected chi connectivity index (χ2v) is 1.49. The van der Waals surface area contributed by atoms with Crippen molar-refractivity contribution in [3.8, 4) is 0 Å². The lowest BCUT2D eigenvalue weighted by atomic mass is 10.3. The third-order valence-corrected chi connectivity index (χ3v) is 0.805. The molecule has 8 heavy (non-hydrogen) atoms. The molecule has 0 aliphatic heterocycles. The van der Waals surface area contributed by atoms with Crippen molar-refractivity contribution in [2.45, 2.75) is 19.3 Å². The van der Waals surface area contributed by atoms with E-state index < -0.39 is 0 Å². The van der Waals surface area contributed by atoms with Gasteiger partial charge in [-0.3, -0.25) is 0 Å². The largest absolute Gasteiger partial charge is 0.457 e. The molecule has 2 radical (unpaired) electrons. The Morgan fingerprint density at radius 3 is 2.75 bits per heavy atom. The van der Waals surface area contributed by atoms with Crippen LogP contribution >= 0.6 is 0 Å². The molecular formula is C6H10O2. The fourth-order valence-electron chi connectivity index (χ4n) is 0.393. The monoisotopic (exact) mass is 114 g/mol. The second kappa shape index (κ2) is 6.47. The van der Waals surface area contributed by atoms with Crippen LogP contribution in [-0.2, 0) is 9.53 Å². The average Bonchev–Trinajstić information content (AvgIpc) is 1.81. The molecule has 0 spiro atoms. The Kier molecular flexibility index (Phi) is 6.04. The number of rotatable bonds is 5. The Balaban J connectivity index is 2.62. The quantitative estimate of drug-likeness (QED) is 0.500. The van der Waals surface area contributed by atoms with E-state index in [1.165, 1.54) is 6.47 Å². The maximum Gasteiger partial charge on any atom is 0.417 e. The van der Waals surface area contributed by atoms with E-state index in [1.54, 1.807) is 0 Å². The standard InChI is InChI=1S/C6H10O2/c1-2-3-4-5-8-6-7/h1-5H2. The highest BCUT2D eigenvalue weighted by Crippen LogP contribution is 1.91. The summed E-state index contributed by atoms with van der Waals surface area (Å²) in [4.78, 5) is 9.41. The lowest BCUT2D eigenvalue weighted by molar-refractivity contribution is 0.270. The zero-order valence-corrected chi connectivity index (χ0v) is 4.85. The van der Waals surface area contributed by atoms with Gasteiger partial charge in [-0.1, -0.05) is 19.8 Å². The van der Waals surface area contributed by atoms with E-state index in [1.807, 2.05) is 0 Å². The van der Waals surface area contributed by atoms with Gasteiger partial charge in [0.2, 0.25) is 0 Å². The van der Waals surface area contributed by atoms with Crippen molar-refractivity contribution in [3.05, 3.63) is 6.92 Å². The van der Waals surface area contributed by atoms with Gasteiger partial charge in [0.15, 0.2) is 0 Å². The van der Waals surface area contributed by atoms with E-state index in [0.29, 0.717) is 6.61 Å². The van der Waals surface area contributed by atoms with E-state index >= 15 is 0 Å². The molecule has 0 N–H and O–H groups in total. The molecule has 0 aromatic carbocycles. The van der Waals surface area contributed by atoms with Gasteiger partial charge in [0, 0.05) is 0 Å². The first-order valence-corrected chi connectivity index (χ1v) is 2.70. The van der Waals surface area contributed by atoms with Gasteiger partial charge < -0.3 is 4.74 Å². The van der Waals surface area contributed by atoms with Crippen LogP contribution < -0.4 is 0 Å². The zero-order valence-electron chi connectivity index (χ0n) is 4.85. The Bertz CT molecular complexity index is 52.5. The molecule has 0 amide bonds. The molecule has 0 unspecified atom stereocenters. The summed E-state index contributed by atoms with van der Waals surface area (Å²) >= 11 is 0. The van der Waals surface area contributed by atoms with Crippen LogP contribution in [0.3, 0.4) is 0 Å². The van der Waals surface area contributed by atoms with Gasteiger partial charge >= 0.3 is 6.47 Å². The van der Waals surface area contributed by atoms with Gasteiger partial charge in [-0.05, 0) is 6.42 Å². The molecule has 2 nitrogen and oxygen atoms in total. The van der Waals surface area contributed by atoms with Crippen molar-refractivity contribution in [3.63, 3.8) is 0 Å². The van der Waals surface area contributed by atoms with Crippen molar-refractivity contribution in [2.75, 3.05) is 6.61 Å². The first-order valence-electron chi connectivity index (χ1n) is 2.70. The summed E-state index contributed by atoms with van der Waals surface area (Å²) in [6.45, 7) is 5.47. The highest BCUT2D eigenvalue weighted by Gasteiger charge is 1.83. The van der Waals surface area contributed by atoms with Gasteiger partial charge in [0.1, 0.15) is 0 Å². The average molecular weight is 114 g/mol. The molecular weight excluding hydrogens is 104 g/mol. The Labute approximate surface area is 49.8 Å². The fraction of sp³-hybridized carbons (Fsp3) is 0.667.